The predicted octanol–water partition coefficient (Wildman–Crippen LogP) is 1.55. The molecule has 0 aliphatic heterocycles. The van der Waals surface area contributed by atoms with Crippen molar-refractivity contribution < 1.29 is 14.0 Å². The maximum absolute atomic E-state index is 11.3. The molecule has 0 aromatic carbocycles. The zero-order chi connectivity index (χ0) is 10.9. The van der Waals surface area contributed by atoms with Gasteiger partial charge >= 0.3 is 5.97 Å². The highest BCUT2D eigenvalue weighted by Crippen LogP contribution is 2.20. The van der Waals surface area contributed by atoms with Crippen LogP contribution in [0.3, 0.4) is 0 Å². The molecule has 0 aliphatic carbocycles. The van der Waals surface area contributed by atoms with Crippen molar-refractivity contribution in [1.29, 1.82) is 0 Å². The van der Waals surface area contributed by atoms with E-state index < -0.39 is 5.72 Å². The molecule has 3 nitrogen and oxygen atoms in total. The van der Waals surface area contributed by atoms with Crippen molar-refractivity contribution in [2.24, 2.45) is 0 Å². The Morgan fingerprint density at radius 2 is 1.69 bits per heavy atom. The minimum absolute atomic E-state index is 0.335. The van der Waals surface area contributed by atoms with Crippen molar-refractivity contribution in [3.8, 4) is 0 Å². The lowest BCUT2D eigenvalue weighted by Gasteiger charge is -2.39. The van der Waals surface area contributed by atoms with Crippen LogP contribution in [0.4, 0.5) is 0 Å². The standard InChI is InChI=1S/C10H20NO2/c1-8(2)9(12)13-10(3,4)11(5,6)7/h1H2,2-7H3/q+1. The minimum atomic E-state index is -0.532. The van der Waals surface area contributed by atoms with Crippen LogP contribution in [0.1, 0.15) is 20.8 Å². The molecule has 0 aromatic heterocycles. The van der Waals surface area contributed by atoms with Gasteiger partial charge in [0.25, 0.3) is 0 Å². The maximum Gasteiger partial charge on any atom is 0.337 e. The van der Waals surface area contributed by atoms with E-state index in [-0.39, 0.29) is 5.97 Å². The summed E-state index contributed by atoms with van der Waals surface area (Å²) in [4.78, 5) is 11.3. The third kappa shape index (κ3) is 3.19. The number of hydrogen-bond donors (Lipinski definition) is 0. The average Bonchev–Trinajstić information content (AvgIpc) is 1.83. The first-order valence-electron chi connectivity index (χ1n) is 4.28. The number of nitrogens with zero attached hydrogens (tertiary/aromatic N) is 1. The van der Waals surface area contributed by atoms with Crippen molar-refractivity contribution >= 4 is 5.97 Å². The normalized spacial score (nSPS) is 12.5. The van der Waals surface area contributed by atoms with E-state index in [0.29, 0.717) is 10.1 Å². The highest BCUT2D eigenvalue weighted by atomic mass is 16.6. The number of esters is 1. The molecule has 0 saturated carbocycles. The van der Waals surface area contributed by atoms with Crippen LogP contribution in [-0.2, 0) is 9.53 Å². The van der Waals surface area contributed by atoms with Gasteiger partial charge in [-0.3, -0.25) is 4.48 Å². The monoisotopic (exact) mass is 186 g/mol. The van der Waals surface area contributed by atoms with E-state index in [9.17, 15) is 4.79 Å². The Bertz CT molecular complexity index is 224. The first-order chi connectivity index (χ1) is 5.58. The summed E-state index contributed by atoms with van der Waals surface area (Å²) in [6.45, 7) is 8.95. The van der Waals surface area contributed by atoms with E-state index in [1.807, 2.05) is 35.0 Å². The summed E-state index contributed by atoms with van der Waals surface area (Å²) in [6.07, 6.45) is 0. The Morgan fingerprint density at radius 1 is 1.31 bits per heavy atom. The van der Waals surface area contributed by atoms with Gasteiger partial charge in [0.15, 0.2) is 0 Å². The van der Waals surface area contributed by atoms with Gasteiger partial charge in [0.2, 0.25) is 5.72 Å². The lowest BCUT2D eigenvalue weighted by molar-refractivity contribution is -0.943. The number of rotatable bonds is 3. The topological polar surface area (TPSA) is 26.3 Å². The second-order valence-electron chi connectivity index (χ2n) is 4.63. The van der Waals surface area contributed by atoms with Gasteiger partial charge in [0, 0.05) is 19.4 Å². The van der Waals surface area contributed by atoms with Crippen molar-refractivity contribution in [3.63, 3.8) is 0 Å². The van der Waals surface area contributed by atoms with Crippen LogP contribution in [0.2, 0.25) is 0 Å². The van der Waals surface area contributed by atoms with Gasteiger partial charge in [0.1, 0.15) is 0 Å². The van der Waals surface area contributed by atoms with Crippen LogP contribution >= 0.6 is 0 Å². The number of carbonyl (C=O) groups excluding carboxylic acids is 1. The van der Waals surface area contributed by atoms with Crippen molar-refractivity contribution in [2.75, 3.05) is 21.1 Å². The Balaban J connectivity index is 4.53. The first kappa shape index (κ1) is 12.2. The third-order valence-corrected chi connectivity index (χ3v) is 2.31. The molecule has 0 spiro atoms. The van der Waals surface area contributed by atoms with Gasteiger partial charge in [-0.2, -0.15) is 0 Å². The average molecular weight is 186 g/mol. The van der Waals surface area contributed by atoms with Gasteiger partial charge in [-0.25, -0.2) is 4.79 Å². The van der Waals surface area contributed by atoms with Crippen LogP contribution in [-0.4, -0.2) is 37.3 Å². The molecule has 13 heavy (non-hydrogen) atoms. The molecule has 0 aromatic rings. The summed E-state index contributed by atoms with van der Waals surface area (Å²) in [6, 6.07) is 0. The molecular formula is C10H20NO2+. The molecule has 0 N–H and O–H groups in total. The second kappa shape index (κ2) is 3.50. The van der Waals surface area contributed by atoms with E-state index in [2.05, 4.69) is 6.58 Å². The van der Waals surface area contributed by atoms with E-state index in [1.165, 1.54) is 0 Å². The Kier molecular flexibility index (Phi) is 3.28. The zero-order valence-electron chi connectivity index (χ0n) is 9.47. The molecule has 0 rings (SSSR count). The summed E-state index contributed by atoms with van der Waals surface area (Å²) in [5.41, 5.74) is -0.0997. The molecule has 0 atom stereocenters. The Morgan fingerprint density at radius 3 is 1.92 bits per heavy atom. The van der Waals surface area contributed by atoms with Crippen LogP contribution in [0.25, 0.3) is 0 Å². The fourth-order valence-electron chi connectivity index (χ4n) is 0.451. The molecule has 0 fully saturated rings. The van der Waals surface area contributed by atoms with Gasteiger partial charge in [-0.05, 0) is 6.92 Å². The number of ether oxygens (including phenoxy) is 1. The Labute approximate surface area is 80.6 Å². The molecule has 0 bridgehead atoms. The molecule has 76 valence electrons. The van der Waals surface area contributed by atoms with Crippen LogP contribution in [0.5, 0.6) is 0 Å². The highest BCUT2D eigenvalue weighted by Gasteiger charge is 2.36. The summed E-state index contributed by atoms with van der Waals surface area (Å²) < 4.78 is 5.86. The largest absolute Gasteiger partial charge is 0.407 e. The summed E-state index contributed by atoms with van der Waals surface area (Å²) in [5, 5.41) is 0. The molecule has 0 radical (unpaired) electrons. The molecule has 0 aliphatic rings. The first-order valence-corrected chi connectivity index (χ1v) is 4.28. The minimum Gasteiger partial charge on any atom is -0.407 e. The quantitative estimate of drug-likeness (QED) is 0.289. The van der Waals surface area contributed by atoms with Crippen molar-refractivity contribution in [2.45, 2.75) is 26.5 Å². The fourth-order valence-corrected chi connectivity index (χ4v) is 0.451. The van der Waals surface area contributed by atoms with Crippen molar-refractivity contribution in [3.05, 3.63) is 12.2 Å². The van der Waals surface area contributed by atoms with E-state index in [0.717, 1.165) is 0 Å². The van der Waals surface area contributed by atoms with Gasteiger partial charge in [-0.15, -0.1) is 0 Å². The SMILES string of the molecule is C=C(C)C(=O)OC(C)(C)[N+](C)(C)C. The number of quaternary nitrogens is 1. The van der Waals surface area contributed by atoms with Crippen LogP contribution in [0.15, 0.2) is 12.2 Å². The second-order valence-corrected chi connectivity index (χ2v) is 4.63. The number of hydrogen-bond acceptors (Lipinski definition) is 2. The smallest absolute Gasteiger partial charge is 0.337 e. The van der Waals surface area contributed by atoms with Gasteiger partial charge in [-0.1, -0.05) is 6.58 Å². The Hall–Kier alpha value is -0.830. The molecular weight excluding hydrogens is 166 g/mol. The predicted molar refractivity (Wildman–Crippen MR) is 53.0 cm³/mol. The summed E-state index contributed by atoms with van der Waals surface area (Å²) in [5.74, 6) is -0.335. The third-order valence-electron chi connectivity index (χ3n) is 2.31. The van der Waals surface area contributed by atoms with Gasteiger partial charge < -0.3 is 4.74 Å². The molecule has 0 saturated heterocycles. The van der Waals surface area contributed by atoms with E-state index >= 15 is 0 Å². The molecule has 0 unspecified atom stereocenters. The number of carbonyl (C=O) groups is 1. The maximum atomic E-state index is 11.3. The van der Waals surface area contributed by atoms with E-state index in [4.69, 9.17) is 4.74 Å². The highest BCUT2D eigenvalue weighted by molar-refractivity contribution is 5.87. The van der Waals surface area contributed by atoms with Crippen molar-refractivity contribution in [1.82, 2.24) is 0 Å². The van der Waals surface area contributed by atoms with Gasteiger partial charge in [0.05, 0.1) is 21.1 Å². The van der Waals surface area contributed by atoms with Crippen LogP contribution in [0, 0.1) is 0 Å². The fraction of sp³-hybridized carbons (Fsp3) is 0.700. The molecule has 0 heterocycles. The molecule has 0 amide bonds. The lowest BCUT2D eigenvalue weighted by Crippen LogP contribution is -2.55. The lowest BCUT2D eigenvalue weighted by atomic mass is 10.2. The zero-order valence-corrected chi connectivity index (χ0v) is 9.47. The summed E-state index contributed by atoms with van der Waals surface area (Å²) >= 11 is 0. The van der Waals surface area contributed by atoms with E-state index in [1.54, 1.807) is 6.92 Å². The summed E-state index contributed by atoms with van der Waals surface area (Å²) in [7, 11) is 5.93. The van der Waals surface area contributed by atoms with Crippen LogP contribution < -0.4 is 0 Å². The molecule has 3 heteroatoms.